The maximum Gasteiger partial charge on any atom is 0.326 e. The van der Waals surface area contributed by atoms with E-state index in [1.54, 1.807) is 24.5 Å². The topological polar surface area (TPSA) is 67.2 Å². The summed E-state index contributed by atoms with van der Waals surface area (Å²) in [6.45, 7) is 0.543. The summed E-state index contributed by atoms with van der Waals surface area (Å²) in [4.78, 5) is 15.3. The van der Waals surface area contributed by atoms with Gasteiger partial charge in [0.15, 0.2) is 0 Å². The Morgan fingerprint density at radius 3 is 2.76 bits per heavy atom. The molecule has 0 bridgehead atoms. The van der Waals surface area contributed by atoms with Crippen LogP contribution in [0.15, 0.2) is 43.0 Å². The molecule has 0 spiro atoms. The molecule has 0 atom stereocenters. The van der Waals surface area contributed by atoms with Crippen molar-refractivity contribution in [1.82, 2.24) is 14.9 Å². The van der Waals surface area contributed by atoms with Gasteiger partial charge in [-0.3, -0.25) is 4.57 Å². The number of carbonyl (C=O) groups excluding carboxylic acids is 1. The third-order valence-corrected chi connectivity index (χ3v) is 2.37. The number of imidazole rings is 1. The molecule has 1 aromatic heterocycles. The first-order valence-corrected chi connectivity index (χ1v) is 5.30. The van der Waals surface area contributed by atoms with E-state index in [4.69, 9.17) is 5.11 Å². The molecule has 1 heterocycles. The number of nitrogens with zero attached hydrogens (tertiary/aromatic N) is 2. The summed E-state index contributed by atoms with van der Waals surface area (Å²) in [6, 6.07) is 6.73. The number of rotatable bonds is 3. The third kappa shape index (κ3) is 3.07. The highest BCUT2D eigenvalue weighted by Gasteiger charge is 2.01. The second-order valence-electron chi connectivity index (χ2n) is 3.62. The molecule has 2 N–H and O–H groups in total. The lowest BCUT2D eigenvalue weighted by molar-refractivity contribution is 0.242. The Kier molecular flexibility index (Phi) is 3.40. The first-order chi connectivity index (χ1) is 8.25. The van der Waals surface area contributed by atoms with E-state index in [0.717, 1.165) is 12.0 Å². The number of hydrogen-bond donors (Lipinski definition) is 2. The summed E-state index contributed by atoms with van der Waals surface area (Å²) in [5, 5.41) is 11.9. The largest absolute Gasteiger partial charge is 0.508 e. The van der Waals surface area contributed by atoms with E-state index in [1.807, 2.05) is 12.1 Å². The van der Waals surface area contributed by atoms with Crippen molar-refractivity contribution >= 4 is 6.03 Å². The molecule has 1 aromatic carbocycles. The quantitative estimate of drug-likeness (QED) is 0.838. The van der Waals surface area contributed by atoms with Crippen molar-refractivity contribution in [2.75, 3.05) is 6.54 Å². The molecule has 0 radical (unpaired) electrons. The lowest BCUT2D eigenvalue weighted by Crippen LogP contribution is -2.29. The van der Waals surface area contributed by atoms with Gasteiger partial charge in [0.25, 0.3) is 0 Å². The minimum absolute atomic E-state index is 0.193. The minimum Gasteiger partial charge on any atom is -0.508 e. The van der Waals surface area contributed by atoms with Crippen LogP contribution in [0.2, 0.25) is 0 Å². The number of phenolic OH excluding ortho intramolecular Hbond substituents is 1. The second-order valence-corrected chi connectivity index (χ2v) is 3.62. The zero-order chi connectivity index (χ0) is 12.1. The van der Waals surface area contributed by atoms with E-state index >= 15 is 0 Å². The zero-order valence-corrected chi connectivity index (χ0v) is 9.21. The molecule has 0 aliphatic rings. The summed E-state index contributed by atoms with van der Waals surface area (Å²) < 4.78 is 1.39. The molecule has 2 rings (SSSR count). The van der Waals surface area contributed by atoms with Gasteiger partial charge < -0.3 is 10.4 Å². The molecular formula is C12H13N3O2. The maximum atomic E-state index is 11.5. The Morgan fingerprint density at radius 1 is 1.35 bits per heavy atom. The molecule has 0 unspecified atom stereocenters. The van der Waals surface area contributed by atoms with Crippen molar-refractivity contribution < 1.29 is 9.90 Å². The van der Waals surface area contributed by atoms with Crippen molar-refractivity contribution in [3.8, 4) is 5.75 Å². The van der Waals surface area contributed by atoms with Crippen LogP contribution in [0.4, 0.5) is 4.79 Å². The van der Waals surface area contributed by atoms with Crippen molar-refractivity contribution in [1.29, 1.82) is 0 Å². The number of aromatic nitrogens is 2. The molecule has 0 saturated carbocycles. The van der Waals surface area contributed by atoms with Gasteiger partial charge in [-0.2, -0.15) is 0 Å². The van der Waals surface area contributed by atoms with Crippen LogP contribution in [0.1, 0.15) is 5.56 Å². The van der Waals surface area contributed by atoms with Crippen LogP contribution in [0, 0.1) is 0 Å². The van der Waals surface area contributed by atoms with Gasteiger partial charge in [0.2, 0.25) is 0 Å². The van der Waals surface area contributed by atoms with Gasteiger partial charge in [0, 0.05) is 18.9 Å². The van der Waals surface area contributed by atoms with Crippen LogP contribution in [0.25, 0.3) is 0 Å². The molecule has 5 heteroatoms. The molecule has 0 aliphatic heterocycles. The van der Waals surface area contributed by atoms with E-state index in [0.29, 0.717) is 6.54 Å². The van der Waals surface area contributed by atoms with Crippen LogP contribution in [0.3, 0.4) is 0 Å². The van der Waals surface area contributed by atoms with E-state index in [-0.39, 0.29) is 11.8 Å². The second kappa shape index (κ2) is 5.16. The average molecular weight is 231 g/mol. The summed E-state index contributed by atoms with van der Waals surface area (Å²) in [6.07, 6.45) is 5.33. The predicted molar refractivity (Wildman–Crippen MR) is 62.8 cm³/mol. The fourth-order valence-electron chi connectivity index (χ4n) is 1.45. The van der Waals surface area contributed by atoms with E-state index < -0.39 is 0 Å². The molecular weight excluding hydrogens is 218 g/mol. The number of aromatic hydroxyl groups is 1. The Bertz CT molecular complexity index is 477. The highest BCUT2D eigenvalue weighted by atomic mass is 16.3. The standard InChI is InChI=1S/C12H13N3O2/c16-11-3-1-10(2-4-11)5-6-14-12(17)15-8-7-13-9-15/h1-4,7-9,16H,5-6H2,(H,14,17). The zero-order valence-electron chi connectivity index (χ0n) is 9.21. The Balaban J connectivity index is 1.80. The Morgan fingerprint density at radius 2 is 2.12 bits per heavy atom. The highest BCUT2D eigenvalue weighted by Crippen LogP contribution is 2.09. The minimum atomic E-state index is -0.193. The normalized spacial score (nSPS) is 10.1. The number of hydrogen-bond acceptors (Lipinski definition) is 3. The molecule has 0 aliphatic carbocycles. The lowest BCUT2D eigenvalue weighted by atomic mass is 10.1. The van der Waals surface area contributed by atoms with Gasteiger partial charge in [0.1, 0.15) is 12.1 Å². The smallest absolute Gasteiger partial charge is 0.326 e. The van der Waals surface area contributed by atoms with Crippen LogP contribution in [-0.2, 0) is 6.42 Å². The SMILES string of the molecule is O=C(NCCc1ccc(O)cc1)n1ccnc1. The van der Waals surface area contributed by atoms with E-state index in [9.17, 15) is 4.79 Å². The number of carbonyl (C=O) groups is 1. The number of benzene rings is 1. The lowest BCUT2D eigenvalue weighted by Gasteiger charge is -2.05. The Labute approximate surface area is 98.7 Å². The third-order valence-electron chi connectivity index (χ3n) is 2.37. The van der Waals surface area contributed by atoms with Gasteiger partial charge in [-0.25, -0.2) is 9.78 Å². The summed E-state index contributed by atoms with van der Waals surface area (Å²) >= 11 is 0. The molecule has 0 saturated heterocycles. The fourth-order valence-corrected chi connectivity index (χ4v) is 1.45. The van der Waals surface area contributed by atoms with Crippen molar-refractivity contribution in [2.45, 2.75) is 6.42 Å². The van der Waals surface area contributed by atoms with Gasteiger partial charge in [0.05, 0.1) is 0 Å². The van der Waals surface area contributed by atoms with Crippen LogP contribution >= 0.6 is 0 Å². The van der Waals surface area contributed by atoms with Gasteiger partial charge in [-0.1, -0.05) is 12.1 Å². The number of phenols is 1. The first-order valence-electron chi connectivity index (χ1n) is 5.30. The molecule has 5 nitrogen and oxygen atoms in total. The number of nitrogens with one attached hydrogen (secondary N) is 1. The van der Waals surface area contributed by atoms with Crippen LogP contribution in [-0.4, -0.2) is 27.2 Å². The monoisotopic (exact) mass is 231 g/mol. The molecule has 2 aromatic rings. The van der Waals surface area contributed by atoms with Crippen LogP contribution < -0.4 is 5.32 Å². The molecule has 17 heavy (non-hydrogen) atoms. The first kappa shape index (κ1) is 11.2. The number of amides is 1. The predicted octanol–water partition coefficient (Wildman–Crippen LogP) is 1.39. The van der Waals surface area contributed by atoms with E-state index in [1.165, 1.54) is 10.9 Å². The fraction of sp³-hybridized carbons (Fsp3) is 0.167. The highest BCUT2D eigenvalue weighted by molar-refractivity contribution is 5.76. The van der Waals surface area contributed by atoms with Gasteiger partial charge >= 0.3 is 6.03 Å². The summed E-state index contributed by atoms with van der Waals surface area (Å²) in [5.41, 5.74) is 1.06. The van der Waals surface area contributed by atoms with Gasteiger partial charge in [-0.15, -0.1) is 0 Å². The van der Waals surface area contributed by atoms with Crippen molar-refractivity contribution in [2.24, 2.45) is 0 Å². The molecule has 0 fully saturated rings. The molecule has 88 valence electrons. The Hall–Kier alpha value is -2.30. The van der Waals surface area contributed by atoms with Crippen LogP contribution in [0.5, 0.6) is 5.75 Å². The summed E-state index contributed by atoms with van der Waals surface area (Å²) in [7, 11) is 0. The summed E-state index contributed by atoms with van der Waals surface area (Å²) in [5.74, 6) is 0.246. The van der Waals surface area contributed by atoms with Gasteiger partial charge in [-0.05, 0) is 24.1 Å². The average Bonchev–Trinajstić information content (AvgIpc) is 2.85. The molecule has 1 amide bonds. The maximum absolute atomic E-state index is 11.5. The van der Waals surface area contributed by atoms with E-state index in [2.05, 4.69) is 10.3 Å². The van der Waals surface area contributed by atoms with Crippen molar-refractivity contribution in [3.05, 3.63) is 48.5 Å². The van der Waals surface area contributed by atoms with Crippen molar-refractivity contribution in [3.63, 3.8) is 0 Å².